The van der Waals surface area contributed by atoms with Crippen molar-refractivity contribution < 1.29 is 9.34 Å². The Morgan fingerprint density at radius 3 is 2.59 bits per heavy atom. The summed E-state index contributed by atoms with van der Waals surface area (Å²) in [7, 11) is 1.97. The number of thioether (sulfide) groups is 1. The molecule has 4 aromatic rings. The molecular formula is C18H15N5O3S. The summed E-state index contributed by atoms with van der Waals surface area (Å²) < 4.78 is 7.80. The first kappa shape index (κ1) is 17.2. The zero-order valence-corrected chi connectivity index (χ0v) is 15.4. The van der Waals surface area contributed by atoms with Gasteiger partial charge >= 0.3 is 0 Å². The van der Waals surface area contributed by atoms with E-state index in [1.165, 1.54) is 23.9 Å². The molecule has 0 fully saturated rings. The van der Waals surface area contributed by atoms with Crippen LogP contribution in [0, 0.1) is 10.1 Å². The molecule has 0 aliphatic rings. The molecule has 0 radical (unpaired) electrons. The topological polar surface area (TPSA) is 99.9 Å². The number of nitro groups is 1. The van der Waals surface area contributed by atoms with Gasteiger partial charge < -0.3 is 8.98 Å². The first-order chi connectivity index (χ1) is 13.0. The number of nitro benzene ring substituents is 1. The summed E-state index contributed by atoms with van der Waals surface area (Å²) in [5, 5.41) is 19.7. The molecule has 0 aliphatic heterocycles. The van der Waals surface area contributed by atoms with Crippen LogP contribution in [0.5, 0.6) is 0 Å². The van der Waals surface area contributed by atoms with E-state index < -0.39 is 4.92 Å². The third-order valence-electron chi connectivity index (χ3n) is 4.14. The van der Waals surface area contributed by atoms with Gasteiger partial charge in [-0.05, 0) is 31.2 Å². The molecule has 0 saturated heterocycles. The summed E-state index contributed by atoms with van der Waals surface area (Å²) in [5.74, 6) is 0.803. The highest BCUT2D eigenvalue weighted by Crippen LogP contribution is 2.35. The van der Waals surface area contributed by atoms with E-state index in [9.17, 15) is 10.1 Å². The van der Waals surface area contributed by atoms with Crippen LogP contribution in [-0.2, 0) is 7.05 Å². The molecule has 2 aromatic carbocycles. The van der Waals surface area contributed by atoms with Crippen LogP contribution in [0.2, 0.25) is 0 Å². The van der Waals surface area contributed by atoms with Gasteiger partial charge in [0.05, 0.1) is 21.2 Å². The fraction of sp³-hybridized carbons (Fsp3) is 0.167. The molecule has 0 bridgehead atoms. The van der Waals surface area contributed by atoms with Crippen molar-refractivity contribution in [1.29, 1.82) is 0 Å². The van der Waals surface area contributed by atoms with E-state index in [0.29, 0.717) is 17.3 Å². The lowest BCUT2D eigenvalue weighted by molar-refractivity contribution is -0.384. The Bertz CT molecular complexity index is 1120. The predicted octanol–water partition coefficient (Wildman–Crippen LogP) is 4.38. The summed E-state index contributed by atoms with van der Waals surface area (Å²) in [6.07, 6.45) is 0. The van der Waals surface area contributed by atoms with Gasteiger partial charge in [-0.25, -0.2) is 4.98 Å². The van der Waals surface area contributed by atoms with Crippen molar-refractivity contribution in [2.24, 2.45) is 7.05 Å². The van der Waals surface area contributed by atoms with Crippen LogP contribution < -0.4 is 0 Å². The fourth-order valence-corrected chi connectivity index (χ4v) is 3.60. The molecule has 1 atom stereocenters. The average Bonchev–Trinajstić information content (AvgIpc) is 3.28. The summed E-state index contributed by atoms with van der Waals surface area (Å²) >= 11 is 1.53. The van der Waals surface area contributed by atoms with Gasteiger partial charge in [0, 0.05) is 24.7 Å². The van der Waals surface area contributed by atoms with Crippen molar-refractivity contribution in [2.45, 2.75) is 17.3 Å². The molecule has 2 heterocycles. The Morgan fingerprint density at radius 1 is 1.15 bits per heavy atom. The molecule has 4 rings (SSSR count). The number of imidazole rings is 1. The van der Waals surface area contributed by atoms with Crippen LogP contribution in [-0.4, -0.2) is 24.7 Å². The number of aromatic nitrogens is 4. The SMILES string of the molecule is C[C@@H](Sc1nc2ccccc2n1C)c1nnc(-c2ccc([N+](=O)[O-])cc2)o1. The number of rotatable bonds is 5. The van der Waals surface area contributed by atoms with E-state index in [1.807, 2.05) is 42.8 Å². The van der Waals surface area contributed by atoms with Gasteiger partial charge in [0.1, 0.15) is 0 Å². The highest BCUT2D eigenvalue weighted by Gasteiger charge is 2.19. The van der Waals surface area contributed by atoms with Crippen LogP contribution in [0.1, 0.15) is 18.1 Å². The zero-order chi connectivity index (χ0) is 19.0. The monoisotopic (exact) mass is 381 g/mol. The number of hydrogen-bond acceptors (Lipinski definition) is 7. The quantitative estimate of drug-likeness (QED) is 0.287. The van der Waals surface area contributed by atoms with Crippen LogP contribution >= 0.6 is 11.8 Å². The number of para-hydroxylation sites is 2. The van der Waals surface area contributed by atoms with E-state index in [0.717, 1.165) is 16.2 Å². The van der Waals surface area contributed by atoms with E-state index in [-0.39, 0.29) is 10.9 Å². The van der Waals surface area contributed by atoms with Gasteiger partial charge in [-0.1, -0.05) is 23.9 Å². The smallest absolute Gasteiger partial charge is 0.269 e. The summed E-state index contributed by atoms with van der Waals surface area (Å²) in [5.41, 5.74) is 2.65. The third-order valence-corrected chi connectivity index (χ3v) is 5.27. The number of nitrogens with zero attached hydrogens (tertiary/aromatic N) is 5. The van der Waals surface area contributed by atoms with Crippen molar-refractivity contribution in [1.82, 2.24) is 19.7 Å². The lowest BCUT2D eigenvalue weighted by Crippen LogP contribution is -1.94. The van der Waals surface area contributed by atoms with E-state index in [4.69, 9.17) is 4.42 Å². The third kappa shape index (κ3) is 3.28. The normalized spacial score (nSPS) is 12.4. The minimum absolute atomic E-state index is 0.0178. The van der Waals surface area contributed by atoms with Crippen LogP contribution in [0.4, 0.5) is 5.69 Å². The maximum atomic E-state index is 10.8. The summed E-state index contributed by atoms with van der Waals surface area (Å²) in [6, 6.07) is 14.0. The first-order valence-corrected chi connectivity index (χ1v) is 9.07. The molecule has 0 amide bonds. The predicted molar refractivity (Wildman–Crippen MR) is 101 cm³/mol. The average molecular weight is 381 g/mol. The van der Waals surface area contributed by atoms with Gasteiger partial charge in [0.2, 0.25) is 11.8 Å². The van der Waals surface area contributed by atoms with Crippen molar-refractivity contribution >= 4 is 28.5 Å². The number of fused-ring (bicyclic) bond motifs is 1. The lowest BCUT2D eigenvalue weighted by Gasteiger charge is -2.06. The van der Waals surface area contributed by atoms with Gasteiger partial charge in [0.25, 0.3) is 5.69 Å². The first-order valence-electron chi connectivity index (χ1n) is 8.19. The van der Waals surface area contributed by atoms with Crippen molar-refractivity contribution in [3.8, 4) is 11.5 Å². The molecule has 0 spiro atoms. The van der Waals surface area contributed by atoms with E-state index in [2.05, 4.69) is 15.2 Å². The number of hydrogen-bond donors (Lipinski definition) is 0. The summed E-state index contributed by atoms with van der Waals surface area (Å²) in [4.78, 5) is 14.9. The fourth-order valence-electron chi connectivity index (χ4n) is 2.68. The molecule has 136 valence electrons. The molecule has 0 saturated carbocycles. The van der Waals surface area contributed by atoms with Gasteiger partial charge in [0.15, 0.2) is 5.16 Å². The Balaban J connectivity index is 1.55. The number of non-ortho nitro benzene ring substituents is 1. The summed E-state index contributed by atoms with van der Waals surface area (Å²) in [6.45, 7) is 1.97. The molecular weight excluding hydrogens is 366 g/mol. The second-order valence-electron chi connectivity index (χ2n) is 5.95. The molecule has 27 heavy (non-hydrogen) atoms. The largest absolute Gasteiger partial charge is 0.419 e. The Hall–Kier alpha value is -3.20. The molecule has 0 aliphatic carbocycles. The van der Waals surface area contributed by atoms with Crippen LogP contribution in [0.3, 0.4) is 0 Å². The van der Waals surface area contributed by atoms with Gasteiger partial charge in [-0.2, -0.15) is 0 Å². The minimum Gasteiger partial charge on any atom is -0.419 e. The van der Waals surface area contributed by atoms with Gasteiger partial charge in [-0.3, -0.25) is 10.1 Å². The lowest BCUT2D eigenvalue weighted by atomic mass is 10.2. The van der Waals surface area contributed by atoms with Crippen molar-refractivity contribution in [3.63, 3.8) is 0 Å². The maximum Gasteiger partial charge on any atom is 0.269 e. The second kappa shape index (κ2) is 6.84. The number of aryl methyl sites for hydroxylation is 1. The Morgan fingerprint density at radius 2 is 1.89 bits per heavy atom. The zero-order valence-electron chi connectivity index (χ0n) is 14.6. The molecule has 0 N–H and O–H groups in total. The molecule has 9 heteroatoms. The molecule has 8 nitrogen and oxygen atoms in total. The molecule has 0 unspecified atom stereocenters. The molecule has 2 aromatic heterocycles. The number of benzene rings is 2. The van der Waals surface area contributed by atoms with Crippen LogP contribution in [0.25, 0.3) is 22.5 Å². The second-order valence-corrected chi connectivity index (χ2v) is 7.26. The highest BCUT2D eigenvalue weighted by atomic mass is 32.2. The van der Waals surface area contributed by atoms with Crippen molar-refractivity contribution in [3.05, 3.63) is 64.5 Å². The maximum absolute atomic E-state index is 10.8. The minimum atomic E-state index is -0.446. The van der Waals surface area contributed by atoms with E-state index in [1.54, 1.807) is 12.1 Å². The van der Waals surface area contributed by atoms with Crippen LogP contribution in [0.15, 0.2) is 58.1 Å². The Labute approximate surface area is 158 Å². The highest BCUT2D eigenvalue weighted by molar-refractivity contribution is 7.99. The Kier molecular flexibility index (Phi) is 4.36. The van der Waals surface area contributed by atoms with Gasteiger partial charge in [-0.15, -0.1) is 10.2 Å². The van der Waals surface area contributed by atoms with Crippen molar-refractivity contribution in [2.75, 3.05) is 0 Å². The van der Waals surface area contributed by atoms with E-state index >= 15 is 0 Å². The standard InChI is InChI=1S/C18H15N5O3S/c1-11(27-18-19-14-5-3-4-6-15(14)22(18)2)16-20-21-17(26-16)12-7-9-13(10-8-12)23(24)25/h3-11H,1-2H3/t11-/m1/s1.